The second-order valence-corrected chi connectivity index (χ2v) is 7.05. The molecule has 1 aliphatic rings. The zero-order chi connectivity index (χ0) is 19.7. The van der Waals surface area contributed by atoms with Crippen molar-refractivity contribution in [3.05, 3.63) is 70.6 Å². The van der Waals surface area contributed by atoms with E-state index in [9.17, 15) is 18.4 Å². The van der Waals surface area contributed by atoms with Crippen molar-refractivity contribution in [2.24, 2.45) is 0 Å². The Labute approximate surface area is 162 Å². The summed E-state index contributed by atoms with van der Waals surface area (Å²) in [5.74, 6) is -2.18. The summed E-state index contributed by atoms with van der Waals surface area (Å²) in [5, 5.41) is 2.17. The number of nitrogens with one attached hydrogen (secondary N) is 1. The van der Waals surface area contributed by atoms with Crippen LogP contribution < -0.4 is 10.1 Å². The van der Waals surface area contributed by atoms with Gasteiger partial charge < -0.3 is 14.8 Å². The fraction of sp³-hybridized carbons (Fsp3) is 0.100. The van der Waals surface area contributed by atoms with E-state index < -0.39 is 30.1 Å². The molecule has 0 atom stereocenters. The van der Waals surface area contributed by atoms with Gasteiger partial charge in [0, 0.05) is 22.1 Å². The van der Waals surface area contributed by atoms with Gasteiger partial charge in [0.25, 0.3) is 5.91 Å². The predicted molar refractivity (Wildman–Crippen MR) is 99.4 cm³/mol. The van der Waals surface area contributed by atoms with Gasteiger partial charge in [0.2, 0.25) is 0 Å². The fourth-order valence-electron chi connectivity index (χ4n) is 2.78. The van der Waals surface area contributed by atoms with Gasteiger partial charge in [-0.15, -0.1) is 11.3 Å². The Hall–Kier alpha value is -3.26. The maximum Gasteiger partial charge on any atom is 0.348 e. The molecule has 0 spiro atoms. The first kappa shape index (κ1) is 18.1. The van der Waals surface area contributed by atoms with E-state index in [1.165, 1.54) is 11.3 Å². The average molecular weight is 401 g/mol. The molecule has 3 aromatic rings. The van der Waals surface area contributed by atoms with Crippen molar-refractivity contribution < 1.29 is 27.8 Å². The van der Waals surface area contributed by atoms with Crippen molar-refractivity contribution in [2.75, 3.05) is 11.9 Å². The molecule has 0 radical (unpaired) electrons. The van der Waals surface area contributed by atoms with Crippen molar-refractivity contribution >= 4 is 28.9 Å². The first-order valence-electron chi connectivity index (χ1n) is 8.28. The van der Waals surface area contributed by atoms with Crippen molar-refractivity contribution in [1.29, 1.82) is 0 Å². The van der Waals surface area contributed by atoms with Crippen LogP contribution in [0.4, 0.5) is 14.5 Å². The molecule has 0 saturated carbocycles. The van der Waals surface area contributed by atoms with Crippen molar-refractivity contribution in [1.82, 2.24) is 0 Å². The highest BCUT2D eigenvalue weighted by atomic mass is 32.1. The van der Waals surface area contributed by atoms with E-state index in [1.54, 1.807) is 6.07 Å². The van der Waals surface area contributed by atoms with Gasteiger partial charge in [0.15, 0.2) is 6.61 Å². The molecule has 142 valence electrons. The number of thiophene rings is 1. The van der Waals surface area contributed by atoms with Gasteiger partial charge in [-0.25, -0.2) is 13.6 Å². The summed E-state index contributed by atoms with van der Waals surface area (Å²) in [6, 6.07) is 11.9. The molecule has 0 fully saturated rings. The molecule has 2 heterocycles. The van der Waals surface area contributed by atoms with Gasteiger partial charge in [-0.05, 0) is 30.3 Å². The van der Waals surface area contributed by atoms with Crippen LogP contribution in [0.3, 0.4) is 0 Å². The molecular weight excluding hydrogens is 388 g/mol. The number of rotatable bonds is 4. The first-order valence-corrected chi connectivity index (χ1v) is 9.10. The Balaban J connectivity index is 1.42. The van der Waals surface area contributed by atoms with Crippen LogP contribution in [0.5, 0.6) is 5.75 Å². The summed E-state index contributed by atoms with van der Waals surface area (Å²) in [6.45, 7) is -0.278. The third kappa shape index (κ3) is 3.59. The molecule has 28 heavy (non-hydrogen) atoms. The molecular formula is C20H13F2NO4S. The number of anilines is 1. The normalized spacial score (nSPS) is 11.8. The zero-order valence-electron chi connectivity index (χ0n) is 14.3. The van der Waals surface area contributed by atoms with E-state index in [0.29, 0.717) is 11.5 Å². The standard InChI is InChI=1S/C20H13F2NO4S/c21-12-5-6-14(22)15(8-12)23-18(24)10-27-20(25)17-7-11-9-26-16-4-2-1-3-13(16)19(11)28-17/h1-8H,9-10H2,(H,23,24). The molecule has 0 bridgehead atoms. The summed E-state index contributed by atoms with van der Waals surface area (Å²) in [6.07, 6.45) is 0. The Morgan fingerprint density at radius 3 is 2.82 bits per heavy atom. The number of benzene rings is 2. The Morgan fingerprint density at radius 2 is 1.96 bits per heavy atom. The van der Waals surface area contributed by atoms with E-state index in [1.807, 2.05) is 24.3 Å². The van der Waals surface area contributed by atoms with Gasteiger partial charge in [-0.3, -0.25) is 4.79 Å². The summed E-state index contributed by atoms with van der Waals surface area (Å²) < 4.78 is 37.3. The van der Waals surface area contributed by atoms with E-state index in [4.69, 9.17) is 9.47 Å². The van der Waals surface area contributed by atoms with Gasteiger partial charge in [0.1, 0.15) is 28.9 Å². The van der Waals surface area contributed by atoms with Crippen LogP contribution in [-0.4, -0.2) is 18.5 Å². The van der Waals surface area contributed by atoms with Crippen LogP contribution in [0.25, 0.3) is 10.4 Å². The lowest BCUT2D eigenvalue weighted by Gasteiger charge is -2.16. The van der Waals surface area contributed by atoms with E-state index in [2.05, 4.69) is 5.32 Å². The maximum absolute atomic E-state index is 13.5. The number of amides is 1. The number of ether oxygens (including phenoxy) is 2. The van der Waals surface area contributed by atoms with Crippen molar-refractivity contribution in [3.8, 4) is 16.2 Å². The Kier molecular flexibility index (Phi) is 4.79. The molecule has 4 rings (SSSR count). The fourth-order valence-corrected chi connectivity index (χ4v) is 3.87. The quantitative estimate of drug-likeness (QED) is 0.659. The number of fused-ring (bicyclic) bond motifs is 3. The number of para-hydroxylation sites is 1. The second-order valence-electron chi connectivity index (χ2n) is 6.00. The lowest BCUT2D eigenvalue weighted by molar-refractivity contribution is -0.119. The first-order chi connectivity index (χ1) is 13.5. The van der Waals surface area contributed by atoms with Crippen LogP contribution in [0, 0.1) is 11.6 Å². The number of esters is 1. The minimum absolute atomic E-state index is 0.318. The number of hydrogen-bond acceptors (Lipinski definition) is 5. The highest BCUT2D eigenvalue weighted by Crippen LogP contribution is 2.42. The van der Waals surface area contributed by atoms with Gasteiger partial charge in [-0.1, -0.05) is 12.1 Å². The smallest absolute Gasteiger partial charge is 0.348 e. The Bertz CT molecular complexity index is 1080. The highest BCUT2D eigenvalue weighted by molar-refractivity contribution is 7.17. The summed E-state index contributed by atoms with van der Waals surface area (Å²) in [4.78, 5) is 25.4. The monoisotopic (exact) mass is 401 g/mol. The number of halogens is 2. The van der Waals surface area contributed by atoms with Gasteiger partial charge >= 0.3 is 5.97 Å². The van der Waals surface area contributed by atoms with Gasteiger partial charge in [-0.2, -0.15) is 0 Å². The molecule has 0 aliphatic carbocycles. The molecule has 0 saturated heterocycles. The lowest BCUT2D eigenvalue weighted by Crippen LogP contribution is -2.21. The average Bonchev–Trinajstić information content (AvgIpc) is 3.14. The second kappa shape index (κ2) is 7.40. The Morgan fingerprint density at radius 1 is 1.14 bits per heavy atom. The predicted octanol–water partition coefficient (Wildman–Crippen LogP) is 4.38. The molecule has 1 aromatic heterocycles. The number of hydrogen-bond donors (Lipinski definition) is 1. The molecule has 1 N–H and O–H groups in total. The maximum atomic E-state index is 13.5. The van der Waals surface area contributed by atoms with Crippen LogP contribution in [0.15, 0.2) is 48.5 Å². The SMILES string of the molecule is O=C(COC(=O)c1cc2c(s1)-c1ccccc1OC2)Nc1cc(F)ccc1F. The molecule has 2 aromatic carbocycles. The van der Waals surface area contributed by atoms with E-state index in [0.717, 1.165) is 40.0 Å². The summed E-state index contributed by atoms with van der Waals surface area (Å²) in [5.41, 5.74) is 1.44. The molecule has 1 amide bonds. The topological polar surface area (TPSA) is 64.6 Å². The molecule has 5 nitrogen and oxygen atoms in total. The minimum atomic E-state index is -0.786. The van der Waals surface area contributed by atoms with E-state index >= 15 is 0 Å². The van der Waals surface area contributed by atoms with Crippen LogP contribution in [0.2, 0.25) is 0 Å². The van der Waals surface area contributed by atoms with Crippen LogP contribution in [-0.2, 0) is 16.1 Å². The number of carbonyl (C=O) groups is 2. The van der Waals surface area contributed by atoms with Crippen molar-refractivity contribution in [2.45, 2.75) is 6.61 Å². The van der Waals surface area contributed by atoms with Crippen LogP contribution >= 0.6 is 11.3 Å². The molecule has 1 aliphatic heterocycles. The van der Waals surface area contributed by atoms with Crippen molar-refractivity contribution in [3.63, 3.8) is 0 Å². The van der Waals surface area contributed by atoms with Crippen LogP contribution in [0.1, 0.15) is 15.2 Å². The lowest BCUT2D eigenvalue weighted by atomic mass is 10.1. The zero-order valence-corrected chi connectivity index (χ0v) is 15.1. The summed E-state index contributed by atoms with van der Waals surface area (Å²) >= 11 is 1.25. The third-order valence-corrected chi connectivity index (χ3v) is 5.25. The summed E-state index contributed by atoms with van der Waals surface area (Å²) in [7, 11) is 0. The molecule has 0 unspecified atom stereocenters. The van der Waals surface area contributed by atoms with Gasteiger partial charge in [0.05, 0.1) is 5.69 Å². The molecule has 8 heteroatoms. The van der Waals surface area contributed by atoms with E-state index in [-0.39, 0.29) is 5.69 Å². The number of carbonyl (C=O) groups excluding carboxylic acids is 2. The highest BCUT2D eigenvalue weighted by Gasteiger charge is 2.23. The minimum Gasteiger partial charge on any atom is -0.488 e. The third-order valence-electron chi connectivity index (χ3n) is 4.06. The largest absolute Gasteiger partial charge is 0.488 e.